The van der Waals surface area contributed by atoms with Gasteiger partial charge in [-0.2, -0.15) is 4.73 Å². The maximum absolute atomic E-state index is 11.6. The van der Waals surface area contributed by atoms with Crippen LogP contribution in [-0.4, -0.2) is 12.6 Å². The number of rotatable bonds is 2. The first kappa shape index (κ1) is 11.5. The van der Waals surface area contributed by atoms with Crippen LogP contribution in [0.2, 0.25) is 0 Å². The van der Waals surface area contributed by atoms with E-state index in [1.807, 2.05) is 0 Å². The summed E-state index contributed by atoms with van der Waals surface area (Å²) in [6.07, 6.45) is 0. The van der Waals surface area contributed by atoms with Gasteiger partial charge in [0.1, 0.15) is 5.56 Å². The standard InChI is InChI=1S/C11H15NO3/c1-5-15-11(13)10-6-7(2)8(3)12(14)9(10)4/h6H,5H2,1-4H3. The van der Waals surface area contributed by atoms with E-state index in [0.717, 1.165) is 10.3 Å². The van der Waals surface area contributed by atoms with Gasteiger partial charge in [0, 0.05) is 19.4 Å². The SMILES string of the molecule is CCOC(=O)c1cc(C)c(C)[n+]([O-])c1C. The Bertz CT molecular complexity index is 399. The third kappa shape index (κ3) is 2.09. The second kappa shape index (κ2) is 4.29. The molecule has 0 spiro atoms. The van der Waals surface area contributed by atoms with E-state index in [4.69, 9.17) is 4.74 Å². The van der Waals surface area contributed by atoms with E-state index in [0.29, 0.717) is 23.6 Å². The summed E-state index contributed by atoms with van der Waals surface area (Å²) < 4.78 is 5.63. The minimum absolute atomic E-state index is 0.310. The number of esters is 1. The van der Waals surface area contributed by atoms with Gasteiger partial charge in [0.05, 0.1) is 6.61 Å². The molecule has 0 aliphatic rings. The topological polar surface area (TPSA) is 53.2 Å². The molecule has 0 fully saturated rings. The molecule has 0 N–H and O–H groups in total. The van der Waals surface area contributed by atoms with Gasteiger partial charge < -0.3 is 9.94 Å². The molecular formula is C11H15NO3. The second-order valence-corrected chi connectivity index (χ2v) is 3.43. The molecule has 1 aromatic heterocycles. The molecule has 1 rings (SSSR count). The highest BCUT2D eigenvalue weighted by Gasteiger charge is 2.19. The number of hydrogen-bond acceptors (Lipinski definition) is 3. The summed E-state index contributed by atoms with van der Waals surface area (Å²) in [5.41, 5.74) is 2.13. The van der Waals surface area contributed by atoms with Gasteiger partial charge in [-0.05, 0) is 19.9 Å². The molecular weight excluding hydrogens is 194 g/mol. The van der Waals surface area contributed by atoms with Crippen LogP contribution in [0.25, 0.3) is 0 Å². The summed E-state index contributed by atoms with van der Waals surface area (Å²) in [5, 5.41) is 11.6. The monoisotopic (exact) mass is 209 g/mol. The van der Waals surface area contributed by atoms with Crippen molar-refractivity contribution in [2.45, 2.75) is 27.7 Å². The van der Waals surface area contributed by atoms with Crippen LogP contribution in [0.1, 0.15) is 34.2 Å². The van der Waals surface area contributed by atoms with E-state index >= 15 is 0 Å². The van der Waals surface area contributed by atoms with Gasteiger partial charge in [-0.25, -0.2) is 4.79 Å². The Hall–Kier alpha value is -1.58. The fourth-order valence-corrected chi connectivity index (χ4v) is 1.36. The predicted octanol–water partition coefficient (Wildman–Crippen LogP) is 1.42. The highest BCUT2D eigenvalue weighted by atomic mass is 16.5. The van der Waals surface area contributed by atoms with Crippen LogP contribution < -0.4 is 4.73 Å². The van der Waals surface area contributed by atoms with Crippen LogP contribution in [0.5, 0.6) is 0 Å². The van der Waals surface area contributed by atoms with Crippen molar-refractivity contribution in [2.24, 2.45) is 0 Å². The van der Waals surface area contributed by atoms with Crippen molar-refractivity contribution in [1.82, 2.24) is 0 Å². The molecule has 0 saturated carbocycles. The zero-order valence-electron chi connectivity index (χ0n) is 9.46. The van der Waals surface area contributed by atoms with Crippen molar-refractivity contribution in [3.8, 4) is 0 Å². The third-order valence-corrected chi connectivity index (χ3v) is 2.43. The second-order valence-electron chi connectivity index (χ2n) is 3.43. The van der Waals surface area contributed by atoms with E-state index in [1.165, 1.54) is 0 Å². The number of hydrogen-bond donors (Lipinski definition) is 0. The lowest BCUT2D eigenvalue weighted by atomic mass is 10.1. The summed E-state index contributed by atoms with van der Waals surface area (Å²) in [7, 11) is 0. The normalized spacial score (nSPS) is 10.1. The lowest BCUT2D eigenvalue weighted by Gasteiger charge is -2.10. The number of nitrogens with zero attached hydrogens (tertiary/aromatic N) is 1. The number of carbonyl (C=O) groups excluding carboxylic acids is 1. The van der Waals surface area contributed by atoms with Crippen LogP contribution in [-0.2, 0) is 4.74 Å². The molecule has 0 atom stereocenters. The highest BCUT2D eigenvalue weighted by Crippen LogP contribution is 2.11. The molecule has 0 unspecified atom stereocenters. The van der Waals surface area contributed by atoms with Crippen molar-refractivity contribution in [3.63, 3.8) is 0 Å². The number of aryl methyl sites for hydroxylation is 1. The van der Waals surface area contributed by atoms with Gasteiger partial charge in [-0.1, -0.05) is 0 Å². The minimum atomic E-state index is -0.442. The number of carbonyl (C=O) groups is 1. The molecule has 4 nitrogen and oxygen atoms in total. The Morgan fingerprint density at radius 1 is 1.40 bits per heavy atom. The van der Waals surface area contributed by atoms with Gasteiger partial charge in [0.2, 0.25) is 5.69 Å². The summed E-state index contributed by atoms with van der Waals surface area (Å²) in [6, 6.07) is 1.69. The smallest absolute Gasteiger partial charge is 0.344 e. The van der Waals surface area contributed by atoms with Crippen molar-refractivity contribution in [3.05, 3.63) is 33.8 Å². The fourth-order valence-electron chi connectivity index (χ4n) is 1.36. The first-order valence-electron chi connectivity index (χ1n) is 4.86. The highest BCUT2D eigenvalue weighted by molar-refractivity contribution is 5.90. The molecule has 0 aliphatic heterocycles. The quantitative estimate of drug-likeness (QED) is 0.420. The van der Waals surface area contributed by atoms with Crippen molar-refractivity contribution in [1.29, 1.82) is 0 Å². The van der Waals surface area contributed by atoms with Crippen LogP contribution >= 0.6 is 0 Å². The molecule has 1 heterocycles. The maximum atomic E-state index is 11.6. The van der Waals surface area contributed by atoms with Crippen molar-refractivity contribution >= 4 is 5.97 Å². The van der Waals surface area contributed by atoms with Gasteiger partial charge in [0.25, 0.3) is 0 Å². The molecule has 15 heavy (non-hydrogen) atoms. The first-order valence-corrected chi connectivity index (χ1v) is 4.86. The Morgan fingerprint density at radius 3 is 2.53 bits per heavy atom. The predicted molar refractivity (Wildman–Crippen MR) is 55.6 cm³/mol. The van der Waals surface area contributed by atoms with Crippen LogP contribution in [0, 0.1) is 26.0 Å². The van der Waals surface area contributed by atoms with Crippen LogP contribution in [0.15, 0.2) is 6.07 Å². The molecule has 0 aliphatic carbocycles. The van der Waals surface area contributed by atoms with Gasteiger partial charge in [0.15, 0.2) is 5.69 Å². The Morgan fingerprint density at radius 2 is 2.00 bits per heavy atom. The third-order valence-electron chi connectivity index (χ3n) is 2.43. The van der Waals surface area contributed by atoms with Gasteiger partial charge in [-0.15, -0.1) is 0 Å². The Kier molecular flexibility index (Phi) is 3.29. The molecule has 1 aromatic rings. The number of aromatic nitrogens is 1. The minimum Gasteiger partial charge on any atom is -0.618 e. The van der Waals surface area contributed by atoms with Gasteiger partial charge >= 0.3 is 5.97 Å². The zero-order chi connectivity index (χ0) is 11.6. The van der Waals surface area contributed by atoms with E-state index in [9.17, 15) is 10.0 Å². The molecule has 82 valence electrons. The lowest BCUT2D eigenvalue weighted by Crippen LogP contribution is -2.36. The summed E-state index contributed by atoms with van der Waals surface area (Å²) in [4.78, 5) is 11.5. The van der Waals surface area contributed by atoms with Crippen LogP contribution in [0.3, 0.4) is 0 Å². The molecule has 0 radical (unpaired) electrons. The maximum Gasteiger partial charge on any atom is 0.344 e. The van der Waals surface area contributed by atoms with Gasteiger partial charge in [-0.3, -0.25) is 0 Å². The summed E-state index contributed by atoms with van der Waals surface area (Å²) in [6.45, 7) is 7.19. The van der Waals surface area contributed by atoms with Crippen molar-refractivity contribution in [2.75, 3.05) is 6.61 Å². The number of pyridine rings is 1. The summed E-state index contributed by atoms with van der Waals surface area (Å²) >= 11 is 0. The summed E-state index contributed by atoms with van der Waals surface area (Å²) in [5.74, 6) is -0.442. The van der Waals surface area contributed by atoms with Crippen LogP contribution in [0.4, 0.5) is 0 Å². The van der Waals surface area contributed by atoms with Crippen molar-refractivity contribution < 1.29 is 14.3 Å². The van der Waals surface area contributed by atoms with E-state index in [2.05, 4.69) is 0 Å². The molecule has 0 aromatic carbocycles. The van der Waals surface area contributed by atoms with E-state index < -0.39 is 5.97 Å². The Balaban J connectivity index is 3.26. The van der Waals surface area contributed by atoms with E-state index in [1.54, 1.807) is 33.8 Å². The average molecular weight is 209 g/mol. The lowest BCUT2D eigenvalue weighted by molar-refractivity contribution is -0.619. The first-order chi connectivity index (χ1) is 6.99. The van der Waals surface area contributed by atoms with E-state index in [-0.39, 0.29) is 0 Å². The number of ether oxygens (including phenoxy) is 1. The fraction of sp³-hybridized carbons (Fsp3) is 0.455. The average Bonchev–Trinajstić information content (AvgIpc) is 2.20. The molecule has 0 amide bonds. The molecule has 0 saturated heterocycles. The zero-order valence-corrected chi connectivity index (χ0v) is 9.46. The Labute approximate surface area is 89.1 Å². The largest absolute Gasteiger partial charge is 0.618 e. The molecule has 4 heteroatoms. The molecule has 0 bridgehead atoms.